The van der Waals surface area contributed by atoms with Gasteiger partial charge in [-0.3, -0.25) is 18.6 Å². The van der Waals surface area contributed by atoms with Crippen molar-refractivity contribution >= 4 is 34.2 Å². The Kier molecular flexibility index (Phi) is 5.81. The molecule has 6 nitrogen and oxygen atoms in total. The van der Waals surface area contributed by atoms with Crippen LogP contribution in [0.2, 0.25) is 0 Å². The quantitative estimate of drug-likeness (QED) is 0.244. The standard InChI is InChI=1S/C23H22N4O2S/c1-3-7-16-10-12-17(13-11-16)20(28)15-30-23-25-24-22-26(14-4-2)21(29)18-8-5-6-9-19(18)27(22)23/h4-6,8-13H,2-3,7,14-15H2,1H3. The number of rotatable bonds is 8. The lowest BCUT2D eigenvalue weighted by molar-refractivity contribution is 0.102. The van der Waals surface area contributed by atoms with Crippen LogP contribution in [0.25, 0.3) is 16.7 Å². The molecule has 0 unspecified atom stereocenters. The second-order valence-electron chi connectivity index (χ2n) is 7.00. The molecule has 0 bridgehead atoms. The first-order chi connectivity index (χ1) is 14.6. The van der Waals surface area contributed by atoms with Gasteiger partial charge in [-0.05, 0) is 24.1 Å². The van der Waals surface area contributed by atoms with Crippen molar-refractivity contribution in [2.75, 3.05) is 5.75 Å². The molecule has 0 aliphatic rings. The minimum atomic E-state index is -0.134. The molecule has 0 atom stereocenters. The Bertz CT molecular complexity index is 1290. The van der Waals surface area contributed by atoms with Crippen LogP contribution in [0.4, 0.5) is 0 Å². The number of carbonyl (C=O) groups is 1. The summed E-state index contributed by atoms with van der Waals surface area (Å²) in [7, 11) is 0. The summed E-state index contributed by atoms with van der Waals surface area (Å²) in [6.07, 6.45) is 3.74. The van der Waals surface area contributed by atoms with Crippen molar-refractivity contribution in [1.82, 2.24) is 19.2 Å². The van der Waals surface area contributed by atoms with Crippen LogP contribution in [0.15, 0.2) is 71.1 Å². The van der Waals surface area contributed by atoms with Crippen LogP contribution < -0.4 is 5.56 Å². The SMILES string of the molecule is C=CCn1c(=O)c2ccccc2n2c(SCC(=O)c3ccc(CCC)cc3)nnc12. The van der Waals surface area contributed by atoms with Crippen molar-refractivity contribution in [2.45, 2.75) is 31.5 Å². The number of ketones is 1. The van der Waals surface area contributed by atoms with Gasteiger partial charge in [-0.1, -0.05) is 67.6 Å². The van der Waals surface area contributed by atoms with Crippen molar-refractivity contribution in [3.63, 3.8) is 0 Å². The molecule has 30 heavy (non-hydrogen) atoms. The Morgan fingerprint density at radius 1 is 1.13 bits per heavy atom. The van der Waals surface area contributed by atoms with Gasteiger partial charge in [0, 0.05) is 12.1 Å². The zero-order chi connectivity index (χ0) is 21.1. The molecule has 0 fully saturated rings. The first-order valence-electron chi connectivity index (χ1n) is 9.86. The van der Waals surface area contributed by atoms with Crippen LogP contribution in [0, 0.1) is 0 Å². The smallest absolute Gasteiger partial charge is 0.263 e. The van der Waals surface area contributed by atoms with E-state index in [2.05, 4.69) is 23.7 Å². The van der Waals surface area contributed by atoms with Gasteiger partial charge in [0.1, 0.15) is 0 Å². The van der Waals surface area contributed by atoms with Gasteiger partial charge in [0.15, 0.2) is 10.9 Å². The fraction of sp³-hybridized carbons (Fsp3) is 0.217. The normalized spacial score (nSPS) is 11.2. The number of nitrogens with zero attached hydrogens (tertiary/aromatic N) is 4. The highest BCUT2D eigenvalue weighted by Crippen LogP contribution is 2.22. The molecule has 2 aromatic carbocycles. The lowest BCUT2D eigenvalue weighted by atomic mass is 10.1. The Labute approximate surface area is 178 Å². The largest absolute Gasteiger partial charge is 0.293 e. The average Bonchev–Trinajstić information content (AvgIpc) is 3.20. The maximum Gasteiger partial charge on any atom is 0.263 e. The molecule has 0 saturated heterocycles. The van der Waals surface area contributed by atoms with Gasteiger partial charge in [0.25, 0.3) is 5.56 Å². The van der Waals surface area contributed by atoms with Gasteiger partial charge in [-0.15, -0.1) is 16.8 Å². The van der Waals surface area contributed by atoms with Crippen molar-refractivity contribution in [3.8, 4) is 0 Å². The molecule has 0 radical (unpaired) electrons. The average molecular weight is 419 g/mol. The number of hydrogen-bond acceptors (Lipinski definition) is 5. The number of aromatic nitrogens is 4. The number of Topliss-reactive ketones (excluding diaryl/α,β-unsaturated/α-hetero) is 1. The Hall–Kier alpha value is -3.19. The number of hydrogen-bond donors (Lipinski definition) is 0. The highest BCUT2D eigenvalue weighted by atomic mass is 32.2. The Morgan fingerprint density at radius 2 is 1.90 bits per heavy atom. The fourth-order valence-electron chi connectivity index (χ4n) is 3.48. The van der Waals surface area contributed by atoms with E-state index in [0.717, 1.165) is 18.4 Å². The monoisotopic (exact) mass is 418 g/mol. The van der Waals surface area contributed by atoms with Crippen LogP contribution in [-0.4, -0.2) is 30.7 Å². The summed E-state index contributed by atoms with van der Waals surface area (Å²) >= 11 is 1.32. The van der Waals surface area contributed by atoms with E-state index in [0.29, 0.717) is 28.4 Å². The third-order valence-electron chi connectivity index (χ3n) is 4.94. The molecule has 4 aromatic rings. The van der Waals surface area contributed by atoms with Crippen LogP contribution in [0.1, 0.15) is 29.3 Å². The first-order valence-corrected chi connectivity index (χ1v) is 10.8. The van der Waals surface area contributed by atoms with E-state index in [1.54, 1.807) is 16.7 Å². The van der Waals surface area contributed by atoms with Gasteiger partial charge < -0.3 is 0 Å². The van der Waals surface area contributed by atoms with E-state index in [4.69, 9.17) is 0 Å². The second-order valence-corrected chi connectivity index (χ2v) is 7.94. The first kappa shape index (κ1) is 20.1. The third kappa shape index (κ3) is 3.68. The molecule has 2 heterocycles. The van der Waals surface area contributed by atoms with E-state index in [-0.39, 0.29) is 17.1 Å². The molecule has 4 rings (SSSR count). The molecular formula is C23H22N4O2S. The summed E-state index contributed by atoms with van der Waals surface area (Å²) in [5.74, 6) is 0.712. The number of thioether (sulfide) groups is 1. The molecular weight excluding hydrogens is 396 g/mol. The summed E-state index contributed by atoms with van der Waals surface area (Å²) in [6, 6.07) is 15.1. The highest BCUT2D eigenvalue weighted by molar-refractivity contribution is 7.99. The maximum absolute atomic E-state index is 12.8. The topological polar surface area (TPSA) is 69.3 Å². The third-order valence-corrected chi connectivity index (χ3v) is 5.87. The van der Waals surface area contributed by atoms with E-state index in [1.165, 1.54) is 17.3 Å². The van der Waals surface area contributed by atoms with E-state index in [9.17, 15) is 9.59 Å². The van der Waals surface area contributed by atoms with Crippen molar-refractivity contribution < 1.29 is 4.79 Å². The highest BCUT2D eigenvalue weighted by Gasteiger charge is 2.17. The van der Waals surface area contributed by atoms with Crippen molar-refractivity contribution in [3.05, 3.63) is 82.7 Å². The van der Waals surface area contributed by atoms with Gasteiger partial charge in [0.2, 0.25) is 5.78 Å². The predicted molar refractivity (Wildman–Crippen MR) is 120 cm³/mol. The van der Waals surface area contributed by atoms with Gasteiger partial charge >= 0.3 is 0 Å². The molecule has 0 saturated carbocycles. The zero-order valence-electron chi connectivity index (χ0n) is 16.7. The van der Waals surface area contributed by atoms with Gasteiger partial charge in [-0.25, -0.2) is 0 Å². The number of allylic oxidation sites excluding steroid dienone is 1. The molecule has 0 spiro atoms. The molecule has 0 amide bonds. The molecule has 7 heteroatoms. The van der Waals surface area contributed by atoms with Gasteiger partial charge in [-0.2, -0.15) is 0 Å². The lowest BCUT2D eigenvalue weighted by Gasteiger charge is -2.09. The number of fused-ring (bicyclic) bond motifs is 3. The molecule has 0 aliphatic heterocycles. The van der Waals surface area contributed by atoms with Crippen molar-refractivity contribution in [1.29, 1.82) is 0 Å². The van der Waals surface area contributed by atoms with Crippen molar-refractivity contribution in [2.24, 2.45) is 0 Å². The van der Waals surface area contributed by atoms with E-state index >= 15 is 0 Å². The molecule has 152 valence electrons. The number of para-hydroxylation sites is 1. The molecule has 0 aliphatic carbocycles. The number of aryl methyl sites for hydroxylation is 1. The summed E-state index contributed by atoms with van der Waals surface area (Å²) in [5.41, 5.74) is 2.51. The lowest BCUT2D eigenvalue weighted by Crippen LogP contribution is -2.22. The molecule has 0 N–H and O–H groups in total. The maximum atomic E-state index is 12.8. The number of carbonyl (C=O) groups excluding carboxylic acids is 1. The Morgan fingerprint density at radius 3 is 2.63 bits per heavy atom. The summed E-state index contributed by atoms with van der Waals surface area (Å²) in [4.78, 5) is 25.5. The minimum absolute atomic E-state index is 0.0310. The summed E-state index contributed by atoms with van der Waals surface area (Å²) in [5, 5.41) is 9.64. The zero-order valence-corrected chi connectivity index (χ0v) is 17.6. The second kappa shape index (κ2) is 8.67. The van der Waals surface area contributed by atoms with Crippen LogP contribution >= 0.6 is 11.8 Å². The van der Waals surface area contributed by atoms with Crippen LogP contribution in [0.3, 0.4) is 0 Å². The number of benzene rings is 2. The van der Waals surface area contributed by atoms with Crippen LogP contribution in [-0.2, 0) is 13.0 Å². The van der Waals surface area contributed by atoms with E-state index < -0.39 is 0 Å². The fourth-order valence-corrected chi connectivity index (χ4v) is 4.31. The Balaban J connectivity index is 1.67. The molecule has 2 aromatic heterocycles. The summed E-state index contributed by atoms with van der Waals surface area (Å²) in [6.45, 7) is 6.20. The van der Waals surface area contributed by atoms with Crippen LogP contribution in [0.5, 0.6) is 0 Å². The van der Waals surface area contributed by atoms with Gasteiger partial charge in [0.05, 0.1) is 16.7 Å². The van der Waals surface area contributed by atoms with E-state index in [1.807, 2.05) is 46.9 Å². The predicted octanol–water partition coefficient (Wildman–Crippen LogP) is 4.16. The summed E-state index contributed by atoms with van der Waals surface area (Å²) < 4.78 is 3.38. The minimum Gasteiger partial charge on any atom is -0.293 e.